The van der Waals surface area contributed by atoms with Gasteiger partial charge in [-0.3, -0.25) is 0 Å². The fourth-order valence-electron chi connectivity index (χ4n) is 28.0. The Labute approximate surface area is 621 Å². The van der Waals surface area contributed by atoms with Gasteiger partial charge in [-0.15, -0.1) is 0 Å². The van der Waals surface area contributed by atoms with Crippen LogP contribution in [0.2, 0.25) is 0 Å². The van der Waals surface area contributed by atoms with Crippen molar-refractivity contribution in [1.29, 1.82) is 0 Å². The summed E-state index contributed by atoms with van der Waals surface area (Å²) in [5, 5.41) is 77.1. The molecule has 488 valence electrons. The van der Waals surface area contributed by atoms with Gasteiger partial charge in [0.1, 0.15) is 0 Å². The monoisotopic (exact) mass is 1370 g/mol. The Bertz CT molecular complexity index is 10100. The molecule has 0 saturated heterocycles. The lowest BCUT2D eigenvalue weighted by atomic mass is 9.54. The van der Waals surface area contributed by atoms with Crippen LogP contribution >= 0.6 is 0 Å². The third-order valence-electron chi connectivity index (χ3n) is 30.8. The molecule has 0 saturated carbocycles. The molecule has 2 unspecified atom stereocenters. The van der Waals surface area contributed by atoms with E-state index in [0.717, 1.165) is 0 Å². The van der Waals surface area contributed by atoms with Gasteiger partial charge in [-0.2, -0.15) is 0 Å². The minimum Gasteiger partial charge on any atom is -0.0616 e. The first-order chi connectivity index (χ1) is 54.6. The van der Waals surface area contributed by atoms with E-state index in [4.69, 9.17) is 0 Å². The quantitative estimate of drug-likeness (QED) is 0.105. The second-order valence-corrected chi connectivity index (χ2v) is 34.5. The molecule has 30 aromatic rings. The number of fused-ring (bicyclic) bond motifs is 23. The summed E-state index contributed by atoms with van der Waals surface area (Å²) in [6, 6.07) is 98.7. The number of aryl methyl sites for hydroxylation is 2. The number of rotatable bonds is 0. The SMILES string of the molecule is Cc1cc2cccc3c2c2c4c(c5ccccc5c12)-c1cccc2c1C1c5c6c-2c2cccc7c2c2c6c(c6cccc(c56)=C3C41)c1cccc3c1c2c1c7c2cccc4c2c2c1c3c1cccc3c5c6cccc7c8c9ccccc9c9c(C)cc%10cccc%11c%10c9c8c8c%11c9cccc%10c9c(c8c76)c5c(c%104)c2c13. The van der Waals surface area contributed by atoms with Gasteiger partial charge in [-0.05, 0) is 371 Å². The summed E-state index contributed by atoms with van der Waals surface area (Å²) in [5.74, 6) is 0.212. The molecule has 0 N–H and O–H groups in total. The summed E-state index contributed by atoms with van der Waals surface area (Å²) in [5.41, 5.74) is 16.0. The average Bonchev–Trinajstić information content (AvgIpc) is 0.633. The van der Waals surface area contributed by atoms with Gasteiger partial charge in [-0.1, -0.05) is 243 Å². The Morgan fingerprint density at radius 2 is 0.455 bits per heavy atom. The predicted molar refractivity (Wildman–Crippen MR) is 474 cm³/mol. The van der Waals surface area contributed by atoms with Gasteiger partial charge in [0.25, 0.3) is 0 Å². The van der Waals surface area contributed by atoms with Gasteiger partial charge >= 0.3 is 0 Å². The van der Waals surface area contributed by atoms with Crippen LogP contribution in [0.25, 0.3) is 319 Å². The largest absolute Gasteiger partial charge is 0.0616 e. The minimum atomic E-state index is 0.0987. The van der Waals surface area contributed by atoms with Gasteiger partial charge in [0, 0.05) is 11.8 Å². The molecule has 110 heavy (non-hydrogen) atoms. The normalized spacial score (nSPS) is 15.9. The van der Waals surface area contributed by atoms with Crippen LogP contribution in [0.4, 0.5) is 0 Å². The third kappa shape index (κ3) is 4.73. The molecule has 0 heteroatoms. The lowest BCUT2D eigenvalue weighted by molar-refractivity contribution is 0.723. The third-order valence-corrected chi connectivity index (χ3v) is 30.8. The van der Waals surface area contributed by atoms with E-state index in [9.17, 15) is 0 Å². The standard InChI is InChI=1S/C110H48/c1-43-41-45-17-7-23-51-71(45)91-69(43)47-19-3-5-21-49(47)73-53-25-9-29-57-77(53)97-95(93(73)91)75(51)55-27-11-31-59-79(55)99(97)101-81(57)61-33-13-37-65-85(61)105-103(101)83(59)63-35-15-39-67-87(63)107(105)109-89(65)68-40-16-36-64-84-60-32-12-28-56-76-52-24-8-18-46-42-44(2)70-48-20-4-6-22-50(48)74-54-26-10-30-58-78(54)98(96(76)94(74)92(70)72(46)52)100(80(56)60)102-82(58)62-34-14-38-66-86(62)106(104(84)102)108(88(64)68)110(109)90(66)67/h3-42,95,97H,1-2H3. The molecule has 0 fully saturated rings. The second-order valence-electron chi connectivity index (χ2n) is 34.5. The Morgan fingerprint density at radius 3 is 0.918 bits per heavy atom. The molecule has 0 aliphatic heterocycles. The summed E-state index contributed by atoms with van der Waals surface area (Å²) in [4.78, 5) is 0. The Morgan fingerprint density at radius 1 is 0.164 bits per heavy atom. The number of benzene rings is 30. The van der Waals surface area contributed by atoms with Gasteiger partial charge < -0.3 is 0 Å². The molecule has 0 amide bonds. The molecule has 4 aliphatic rings. The van der Waals surface area contributed by atoms with E-state index in [0.29, 0.717) is 0 Å². The van der Waals surface area contributed by atoms with E-state index in [1.807, 2.05) is 0 Å². The zero-order chi connectivity index (χ0) is 69.5. The first-order valence-electron chi connectivity index (χ1n) is 39.7. The maximum atomic E-state index is 2.56. The van der Waals surface area contributed by atoms with Gasteiger partial charge in [0.15, 0.2) is 0 Å². The molecule has 0 bridgehead atoms. The van der Waals surface area contributed by atoms with Crippen molar-refractivity contribution < 1.29 is 0 Å². The van der Waals surface area contributed by atoms with E-state index in [1.165, 1.54) is 346 Å². The molecule has 2 atom stereocenters. The molecule has 0 radical (unpaired) electrons. The van der Waals surface area contributed by atoms with Crippen LogP contribution < -0.4 is 5.22 Å². The van der Waals surface area contributed by atoms with Crippen LogP contribution in [0, 0.1) is 13.8 Å². The molecule has 0 nitrogen and oxygen atoms in total. The Kier molecular flexibility index (Phi) is 7.58. The van der Waals surface area contributed by atoms with Crippen LogP contribution in [0.15, 0.2) is 243 Å². The lowest BCUT2D eigenvalue weighted by Gasteiger charge is -2.47. The van der Waals surface area contributed by atoms with Crippen molar-refractivity contribution in [2.24, 2.45) is 0 Å². The van der Waals surface area contributed by atoms with E-state index in [1.54, 1.807) is 11.1 Å². The lowest BCUT2D eigenvalue weighted by Crippen LogP contribution is -2.33. The smallest absolute Gasteiger partial charge is 0.0225 e. The first kappa shape index (κ1) is 52.2. The average molecular weight is 1370 g/mol. The second kappa shape index (κ2) is 15.9. The van der Waals surface area contributed by atoms with Crippen LogP contribution in [0.5, 0.6) is 0 Å². The van der Waals surface area contributed by atoms with E-state index in [2.05, 4.69) is 257 Å². The van der Waals surface area contributed by atoms with Crippen molar-refractivity contribution in [3.8, 4) is 22.3 Å². The highest BCUT2D eigenvalue weighted by Gasteiger charge is 2.50. The van der Waals surface area contributed by atoms with Crippen molar-refractivity contribution in [1.82, 2.24) is 0 Å². The molecule has 34 rings (SSSR count). The maximum absolute atomic E-state index is 2.56. The van der Waals surface area contributed by atoms with Gasteiger partial charge in [0.2, 0.25) is 0 Å². The van der Waals surface area contributed by atoms with Crippen molar-refractivity contribution in [2.75, 3.05) is 0 Å². The topological polar surface area (TPSA) is 0 Å². The highest BCUT2D eigenvalue weighted by atomic mass is 14.5. The van der Waals surface area contributed by atoms with Crippen LogP contribution in [-0.2, 0) is 0 Å². The van der Waals surface area contributed by atoms with Crippen LogP contribution in [-0.4, -0.2) is 0 Å². The summed E-state index contributed by atoms with van der Waals surface area (Å²) in [6.07, 6.45) is 0. The van der Waals surface area contributed by atoms with E-state index in [-0.39, 0.29) is 11.8 Å². The Hall–Kier alpha value is -13.8. The summed E-state index contributed by atoms with van der Waals surface area (Å²) in [6.45, 7) is 4.75. The summed E-state index contributed by atoms with van der Waals surface area (Å²) >= 11 is 0. The zero-order valence-electron chi connectivity index (χ0n) is 59.2. The van der Waals surface area contributed by atoms with Crippen LogP contribution in [0.3, 0.4) is 0 Å². The molecule has 0 aromatic heterocycles. The molecular formula is C110H48. The summed E-state index contributed by atoms with van der Waals surface area (Å²) < 4.78 is 0. The highest BCUT2D eigenvalue weighted by Crippen LogP contribution is 2.72. The number of hydrogen-bond acceptors (Lipinski definition) is 0. The van der Waals surface area contributed by atoms with E-state index < -0.39 is 0 Å². The van der Waals surface area contributed by atoms with Crippen molar-refractivity contribution in [3.63, 3.8) is 0 Å². The molecular weight excluding hydrogens is 1320 g/mol. The molecule has 0 heterocycles. The van der Waals surface area contributed by atoms with Crippen molar-refractivity contribution in [3.05, 3.63) is 281 Å². The van der Waals surface area contributed by atoms with E-state index >= 15 is 0 Å². The van der Waals surface area contributed by atoms with Gasteiger partial charge in [-0.25, -0.2) is 0 Å². The van der Waals surface area contributed by atoms with Crippen molar-refractivity contribution >= 4 is 296 Å². The molecule has 0 spiro atoms. The summed E-state index contributed by atoms with van der Waals surface area (Å²) in [7, 11) is 0. The fourth-order valence-corrected chi connectivity index (χ4v) is 28.0. The van der Waals surface area contributed by atoms with Crippen LogP contribution in [0.1, 0.15) is 45.2 Å². The predicted octanol–water partition coefficient (Wildman–Crippen LogP) is 29.9. The maximum Gasteiger partial charge on any atom is 0.0225 e. The van der Waals surface area contributed by atoms with Crippen molar-refractivity contribution in [2.45, 2.75) is 25.7 Å². The Balaban J connectivity index is 0.831. The highest BCUT2D eigenvalue weighted by molar-refractivity contribution is 6.67. The molecule has 4 aliphatic carbocycles. The fraction of sp³-hybridized carbons (Fsp3) is 0.0364. The first-order valence-corrected chi connectivity index (χ1v) is 39.7. The zero-order valence-corrected chi connectivity index (χ0v) is 59.2. The van der Waals surface area contributed by atoms with Gasteiger partial charge in [0.05, 0.1) is 0 Å². The molecule has 30 aromatic carbocycles. The minimum absolute atomic E-state index is 0.0987. The number of hydrogen-bond donors (Lipinski definition) is 0.